The molecule has 0 saturated carbocycles. The van der Waals surface area contributed by atoms with Gasteiger partial charge in [0.25, 0.3) is 0 Å². The highest BCUT2D eigenvalue weighted by molar-refractivity contribution is 6.10. The van der Waals surface area contributed by atoms with Crippen LogP contribution >= 0.6 is 0 Å². The van der Waals surface area contributed by atoms with Gasteiger partial charge in [0, 0.05) is 11.5 Å². The van der Waals surface area contributed by atoms with E-state index in [-0.39, 0.29) is 17.1 Å². The lowest BCUT2D eigenvalue weighted by molar-refractivity contribution is -0.115. The lowest BCUT2D eigenvalue weighted by atomic mass is 9.78. The van der Waals surface area contributed by atoms with Gasteiger partial charge in [-0.15, -0.1) is 0 Å². The zero-order chi connectivity index (χ0) is 11.6. The Bertz CT molecular complexity index is 316. The first kappa shape index (κ1) is 12.0. The quantitative estimate of drug-likeness (QED) is 0.652. The molecule has 1 unspecified atom stereocenters. The molecule has 0 N–H and O–H groups in total. The molecule has 2 nitrogen and oxygen atoms in total. The number of hydrogen-bond acceptors (Lipinski definition) is 2. The first-order valence-electron chi connectivity index (χ1n) is 5.47. The molecule has 2 heteroatoms. The van der Waals surface area contributed by atoms with Crippen molar-refractivity contribution < 1.29 is 9.53 Å². The highest BCUT2D eigenvalue weighted by Gasteiger charge is 2.37. The number of carbonyl (C=O) groups is 1. The average Bonchev–Trinajstić information content (AvgIpc) is 2.44. The van der Waals surface area contributed by atoms with Gasteiger partial charge < -0.3 is 4.74 Å². The van der Waals surface area contributed by atoms with Gasteiger partial charge in [-0.25, -0.2) is 0 Å². The van der Waals surface area contributed by atoms with Gasteiger partial charge in [0.15, 0.2) is 5.76 Å². The zero-order valence-electron chi connectivity index (χ0n) is 10.3. The number of ketones is 1. The van der Waals surface area contributed by atoms with E-state index in [1.54, 1.807) is 0 Å². The fraction of sp³-hybridized carbons (Fsp3) is 0.615. The highest BCUT2D eigenvalue weighted by Crippen LogP contribution is 2.39. The van der Waals surface area contributed by atoms with Crippen LogP contribution in [0.5, 0.6) is 0 Å². The SMILES string of the molecule is C/C=C1/C(=O)C(OCC)=CC1C(C)(C)C. The number of allylic oxidation sites excluding steroid dienone is 3. The second kappa shape index (κ2) is 4.21. The van der Waals surface area contributed by atoms with Crippen LogP contribution in [-0.4, -0.2) is 12.4 Å². The molecule has 0 aromatic carbocycles. The van der Waals surface area contributed by atoms with Crippen molar-refractivity contribution >= 4 is 5.78 Å². The van der Waals surface area contributed by atoms with Crippen molar-refractivity contribution in [3.05, 3.63) is 23.5 Å². The molecule has 1 atom stereocenters. The molecule has 0 aromatic heterocycles. The van der Waals surface area contributed by atoms with Crippen molar-refractivity contribution in [3.8, 4) is 0 Å². The fourth-order valence-electron chi connectivity index (χ4n) is 1.90. The van der Waals surface area contributed by atoms with Gasteiger partial charge >= 0.3 is 0 Å². The molecule has 0 heterocycles. The third kappa shape index (κ3) is 2.31. The van der Waals surface area contributed by atoms with E-state index in [4.69, 9.17) is 4.74 Å². The topological polar surface area (TPSA) is 26.3 Å². The molecule has 0 aliphatic heterocycles. The number of carbonyl (C=O) groups excluding carboxylic acids is 1. The van der Waals surface area contributed by atoms with E-state index in [1.165, 1.54) is 0 Å². The van der Waals surface area contributed by atoms with Crippen molar-refractivity contribution in [2.24, 2.45) is 11.3 Å². The summed E-state index contributed by atoms with van der Waals surface area (Å²) >= 11 is 0. The van der Waals surface area contributed by atoms with Crippen molar-refractivity contribution in [1.82, 2.24) is 0 Å². The van der Waals surface area contributed by atoms with Crippen molar-refractivity contribution in [3.63, 3.8) is 0 Å². The van der Waals surface area contributed by atoms with Crippen molar-refractivity contribution in [1.29, 1.82) is 0 Å². The summed E-state index contributed by atoms with van der Waals surface area (Å²) in [5, 5.41) is 0. The maximum atomic E-state index is 11.9. The Kier molecular flexibility index (Phi) is 3.38. The van der Waals surface area contributed by atoms with Crippen LogP contribution in [0.25, 0.3) is 0 Å². The molecule has 0 saturated heterocycles. The Labute approximate surface area is 92.0 Å². The summed E-state index contributed by atoms with van der Waals surface area (Å²) in [6, 6.07) is 0. The van der Waals surface area contributed by atoms with Gasteiger partial charge in [0.1, 0.15) is 0 Å². The van der Waals surface area contributed by atoms with E-state index in [0.29, 0.717) is 12.4 Å². The van der Waals surface area contributed by atoms with E-state index in [1.807, 2.05) is 26.0 Å². The summed E-state index contributed by atoms with van der Waals surface area (Å²) in [7, 11) is 0. The normalized spacial score (nSPS) is 24.6. The minimum atomic E-state index is 0.0549. The minimum Gasteiger partial charge on any atom is -0.490 e. The molecule has 0 radical (unpaired) electrons. The zero-order valence-corrected chi connectivity index (χ0v) is 10.3. The summed E-state index contributed by atoms with van der Waals surface area (Å²) in [6.07, 6.45) is 3.86. The molecule has 84 valence electrons. The molecular weight excluding hydrogens is 188 g/mol. The smallest absolute Gasteiger partial charge is 0.223 e. The van der Waals surface area contributed by atoms with Crippen LogP contribution in [-0.2, 0) is 9.53 Å². The van der Waals surface area contributed by atoms with Gasteiger partial charge in [0.2, 0.25) is 5.78 Å². The minimum absolute atomic E-state index is 0.0549. The Hall–Kier alpha value is -1.05. The van der Waals surface area contributed by atoms with Gasteiger partial charge in [-0.3, -0.25) is 4.79 Å². The second-order valence-corrected chi connectivity index (χ2v) is 4.88. The van der Waals surface area contributed by atoms with Gasteiger partial charge in [-0.1, -0.05) is 26.8 Å². The van der Waals surface area contributed by atoms with Crippen molar-refractivity contribution in [2.75, 3.05) is 6.61 Å². The lowest BCUT2D eigenvalue weighted by Crippen LogP contribution is -2.20. The number of Topliss-reactive ketones (excluding diaryl/α,β-unsaturated/α-hetero) is 1. The molecule has 0 amide bonds. The van der Waals surface area contributed by atoms with Crippen LogP contribution in [0.4, 0.5) is 0 Å². The van der Waals surface area contributed by atoms with E-state index in [0.717, 1.165) is 5.57 Å². The summed E-state index contributed by atoms with van der Waals surface area (Å²) in [5.74, 6) is 0.751. The molecule has 1 rings (SSSR count). The molecule has 1 aliphatic rings. The van der Waals surface area contributed by atoms with Crippen LogP contribution in [0, 0.1) is 11.3 Å². The summed E-state index contributed by atoms with van der Waals surface area (Å²) in [6.45, 7) is 10.8. The first-order valence-corrected chi connectivity index (χ1v) is 5.47. The lowest BCUT2D eigenvalue weighted by Gasteiger charge is -2.25. The number of hydrogen-bond donors (Lipinski definition) is 0. The molecule has 0 bridgehead atoms. The maximum Gasteiger partial charge on any atom is 0.223 e. The van der Waals surface area contributed by atoms with E-state index < -0.39 is 0 Å². The largest absolute Gasteiger partial charge is 0.490 e. The monoisotopic (exact) mass is 208 g/mol. The van der Waals surface area contributed by atoms with Crippen LogP contribution in [0.1, 0.15) is 34.6 Å². The standard InChI is InChI=1S/C13H20O2/c1-6-9-10(13(3,4)5)8-11(12(9)14)15-7-2/h6,8,10H,7H2,1-5H3/b9-6+. The molecule has 0 aromatic rings. The van der Waals surface area contributed by atoms with Gasteiger partial charge in [0.05, 0.1) is 6.61 Å². The van der Waals surface area contributed by atoms with Crippen LogP contribution < -0.4 is 0 Å². The number of ether oxygens (including phenoxy) is 1. The average molecular weight is 208 g/mol. The van der Waals surface area contributed by atoms with E-state index >= 15 is 0 Å². The summed E-state index contributed by atoms with van der Waals surface area (Å²) in [4.78, 5) is 11.9. The molecule has 0 spiro atoms. The second-order valence-electron chi connectivity index (χ2n) is 4.88. The van der Waals surface area contributed by atoms with Crippen LogP contribution in [0.2, 0.25) is 0 Å². The van der Waals surface area contributed by atoms with E-state index in [9.17, 15) is 4.79 Å². The highest BCUT2D eigenvalue weighted by atomic mass is 16.5. The van der Waals surface area contributed by atoms with Gasteiger partial charge in [-0.2, -0.15) is 0 Å². The van der Waals surface area contributed by atoms with Gasteiger partial charge in [-0.05, 0) is 25.3 Å². The predicted molar refractivity (Wildman–Crippen MR) is 61.4 cm³/mol. The van der Waals surface area contributed by atoms with Crippen LogP contribution in [0.3, 0.4) is 0 Å². The van der Waals surface area contributed by atoms with Crippen LogP contribution in [0.15, 0.2) is 23.5 Å². The maximum absolute atomic E-state index is 11.9. The molecule has 15 heavy (non-hydrogen) atoms. The third-order valence-corrected chi connectivity index (χ3v) is 2.68. The predicted octanol–water partition coefficient (Wildman–Crippen LogP) is 3.10. The Balaban J connectivity index is 3.03. The Morgan fingerprint density at radius 3 is 2.40 bits per heavy atom. The first-order chi connectivity index (χ1) is 6.91. The summed E-state index contributed by atoms with van der Waals surface area (Å²) < 4.78 is 5.34. The molecular formula is C13H20O2. The van der Waals surface area contributed by atoms with E-state index in [2.05, 4.69) is 20.8 Å². The Morgan fingerprint density at radius 1 is 1.47 bits per heavy atom. The Morgan fingerprint density at radius 2 is 2.07 bits per heavy atom. The van der Waals surface area contributed by atoms with Crippen molar-refractivity contribution in [2.45, 2.75) is 34.6 Å². The summed E-state index contributed by atoms with van der Waals surface area (Å²) in [5.41, 5.74) is 0.932. The molecule has 1 aliphatic carbocycles. The third-order valence-electron chi connectivity index (χ3n) is 2.68. The number of rotatable bonds is 2. The fourth-order valence-corrected chi connectivity index (χ4v) is 1.90. The molecule has 0 fully saturated rings.